The summed E-state index contributed by atoms with van der Waals surface area (Å²) < 4.78 is 0. The van der Waals surface area contributed by atoms with E-state index in [1.165, 1.54) is 17.7 Å². The van der Waals surface area contributed by atoms with Gasteiger partial charge in [-0.2, -0.15) is 0 Å². The van der Waals surface area contributed by atoms with E-state index in [0.717, 1.165) is 11.4 Å². The highest BCUT2D eigenvalue weighted by atomic mass is 32.1. The molecule has 100 valence electrons. The highest BCUT2D eigenvalue weighted by Gasteiger charge is 2.30. The van der Waals surface area contributed by atoms with Crippen LogP contribution in [0.15, 0.2) is 6.20 Å². The number of nitrogens with one attached hydrogen (secondary N) is 1. The van der Waals surface area contributed by atoms with Crippen molar-refractivity contribution in [3.63, 3.8) is 0 Å². The molecule has 0 bridgehead atoms. The molecule has 1 aromatic rings. The zero-order valence-corrected chi connectivity index (χ0v) is 11.8. The van der Waals surface area contributed by atoms with Crippen LogP contribution in [0.2, 0.25) is 0 Å². The fourth-order valence-corrected chi connectivity index (χ4v) is 2.81. The second kappa shape index (κ2) is 5.80. The van der Waals surface area contributed by atoms with E-state index in [2.05, 4.69) is 17.2 Å². The number of aromatic nitrogens is 1. The van der Waals surface area contributed by atoms with Gasteiger partial charge in [-0.3, -0.25) is 4.79 Å². The lowest BCUT2D eigenvalue weighted by molar-refractivity contribution is -0.122. The SMILES string of the molecule is CCc1cnc(C(C)NC(=O)CC(N)C2CC2)s1. The largest absolute Gasteiger partial charge is 0.347 e. The highest BCUT2D eigenvalue weighted by Crippen LogP contribution is 2.32. The summed E-state index contributed by atoms with van der Waals surface area (Å²) in [5, 5.41) is 3.95. The van der Waals surface area contributed by atoms with Crippen LogP contribution in [0.3, 0.4) is 0 Å². The molecular formula is C13H21N3OS. The first-order valence-corrected chi connectivity index (χ1v) is 7.41. The van der Waals surface area contributed by atoms with E-state index in [1.54, 1.807) is 11.3 Å². The molecule has 2 unspecified atom stereocenters. The Balaban J connectivity index is 1.82. The summed E-state index contributed by atoms with van der Waals surface area (Å²) in [7, 11) is 0. The average Bonchev–Trinajstić information content (AvgIpc) is 3.06. The predicted molar refractivity (Wildman–Crippen MR) is 73.4 cm³/mol. The van der Waals surface area contributed by atoms with Crippen LogP contribution in [0.25, 0.3) is 0 Å². The minimum atomic E-state index is -0.0193. The third-order valence-electron chi connectivity index (χ3n) is 3.32. The van der Waals surface area contributed by atoms with Gasteiger partial charge in [0.2, 0.25) is 5.91 Å². The van der Waals surface area contributed by atoms with Crippen LogP contribution < -0.4 is 11.1 Å². The van der Waals surface area contributed by atoms with Crippen LogP contribution in [0.4, 0.5) is 0 Å². The van der Waals surface area contributed by atoms with E-state index in [1.807, 2.05) is 13.1 Å². The monoisotopic (exact) mass is 267 g/mol. The van der Waals surface area contributed by atoms with E-state index in [4.69, 9.17) is 5.73 Å². The smallest absolute Gasteiger partial charge is 0.222 e. The second-order valence-corrected chi connectivity index (χ2v) is 6.16. The zero-order valence-electron chi connectivity index (χ0n) is 11.0. The van der Waals surface area contributed by atoms with Crippen molar-refractivity contribution < 1.29 is 4.79 Å². The standard InChI is InChI=1S/C13H21N3OS/c1-3-10-7-15-13(18-10)8(2)16-12(17)6-11(14)9-4-5-9/h7-9,11H,3-6,14H2,1-2H3,(H,16,17). The van der Waals surface area contributed by atoms with Crippen molar-refractivity contribution in [2.75, 3.05) is 0 Å². The van der Waals surface area contributed by atoms with E-state index in [-0.39, 0.29) is 18.0 Å². The van der Waals surface area contributed by atoms with Gasteiger partial charge in [0.05, 0.1) is 6.04 Å². The third kappa shape index (κ3) is 3.53. The molecule has 2 atom stereocenters. The van der Waals surface area contributed by atoms with Crippen LogP contribution in [-0.4, -0.2) is 16.9 Å². The molecule has 4 nitrogen and oxygen atoms in total. The Hall–Kier alpha value is -0.940. The molecule has 0 saturated heterocycles. The number of thiazole rings is 1. The quantitative estimate of drug-likeness (QED) is 0.828. The number of carbonyl (C=O) groups is 1. The van der Waals surface area contributed by atoms with Crippen molar-refractivity contribution in [3.05, 3.63) is 16.1 Å². The molecule has 1 aliphatic rings. The van der Waals surface area contributed by atoms with Gasteiger partial charge >= 0.3 is 0 Å². The maximum Gasteiger partial charge on any atom is 0.222 e. The molecule has 0 aromatic carbocycles. The Morgan fingerprint density at radius 3 is 2.94 bits per heavy atom. The van der Waals surface area contributed by atoms with E-state index >= 15 is 0 Å². The lowest BCUT2D eigenvalue weighted by atomic mass is 10.1. The first-order valence-electron chi connectivity index (χ1n) is 6.59. The molecule has 18 heavy (non-hydrogen) atoms. The van der Waals surface area contributed by atoms with Gasteiger partial charge in [0.25, 0.3) is 0 Å². The van der Waals surface area contributed by atoms with Gasteiger partial charge in [0.15, 0.2) is 0 Å². The summed E-state index contributed by atoms with van der Waals surface area (Å²) in [5.41, 5.74) is 5.95. The van der Waals surface area contributed by atoms with Crippen LogP contribution >= 0.6 is 11.3 Å². The van der Waals surface area contributed by atoms with Gasteiger partial charge in [-0.25, -0.2) is 4.98 Å². The molecule has 3 N–H and O–H groups in total. The topological polar surface area (TPSA) is 68.0 Å². The normalized spacial score (nSPS) is 18.4. The fraction of sp³-hybridized carbons (Fsp3) is 0.692. The summed E-state index contributed by atoms with van der Waals surface area (Å²) in [4.78, 5) is 17.4. The first-order chi connectivity index (χ1) is 8.60. The summed E-state index contributed by atoms with van der Waals surface area (Å²) in [6.45, 7) is 4.08. The lowest BCUT2D eigenvalue weighted by Crippen LogP contribution is -2.34. The molecule has 5 heteroatoms. The number of carbonyl (C=O) groups excluding carboxylic acids is 1. The number of hydrogen-bond acceptors (Lipinski definition) is 4. The summed E-state index contributed by atoms with van der Waals surface area (Å²) >= 11 is 1.66. The number of nitrogens with zero attached hydrogens (tertiary/aromatic N) is 1. The number of aryl methyl sites for hydroxylation is 1. The number of rotatable bonds is 6. The maximum atomic E-state index is 11.8. The Bertz CT molecular complexity index is 414. The molecule has 2 rings (SSSR count). The number of hydrogen-bond donors (Lipinski definition) is 2. The fourth-order valence-electron chi connectivity index (χ4n) is 1.95. The first kappa shape index (κ1) is 13.5. The Morgan fingerprint density at radius 1 is 1.67 bits per heavy atom. The number of nitrogens with two attached hydrogens (primary N) is 1. The van der Waals surface area contributed by atoms with Gasteiger partial charge < -0.3 is 11.1 Å². The molecule has 0 spiro atoms. The van der Waals surface area contributed by atoms with Crippen LogP contribution in [0.5, 0.6) is 0 Å². The van der Waals surface area contributed by atoms with Crippen molar-refractivity contribution in [1.82, 2.24) is 10.3 Å². The van der Waals surface area contributed by atoms with Crippen LogP contribution in [0.1, 0.15) is 49.0 Å². The number of amides is 1. The van der Waals surface area contributed by atoms with E-state index in [0.29, 0.717) is 12.3 Å². The van der Waals surface area contributed by atoms with Crippen molar-refractivity contribution >= 4 is 17.2 Å². The van der Waals surface area contributed by atoms with Gasteiger partial charge in [0.1, 0.15) is 5.01 Å². The average molecular weight is 267 g/mol. The van der Waals surface area contributed by atoms with Crippen molar-refractivity contribution in [2.24, 2.45) is 11.7 Å². The zero-order chi connectivity index (χ0) is 13.1. The Labute approximate surface area is 112 Å². The molecule has 1 fully saturated rings. The molecule has 0 radical (unpaired) electrons. The van der Waals surface area contributed by atoms with Gasteiger partial charge in [-0.05, 0) is 32.1 Å². The Morgan fingerprint density at radius 2 is 2.39 bits per heavy atom. The maximum absolute atomic E-state index is 11.8. The molecule has 0 aliphatic heterocycles. The minimum Gasteiger partial charge on any atom is -0.347 e. The van der Waals surface area contributed by atoms with Gasteiger partial charge in [-0.1, -0.05) is 6.92 Å². The Kier molecular flexibility index (Phi) is 4.35. The van der Waals surface area contributed by atoms with Crippen molar-refractivity contribution in [3.8, 4) is 0 Å². The third-order valence-corrected chi connectivity index (χ3v) is 4.64. The summed E-state index contributed by atoms with van der Waals surface area (Å²) in [6, 6.07) is 0.00824. The van der Waals surface area contributed by atoms with Gasteiger partial charge in [-0.15, -0.1) is 11.3 Å². The van der Waals surface area contributed by atoms with E-state index in [9.17, 15) is 4.79 Å². The van der Waals surface area contributed by atoms with E-state index < -0.39 is 0 Å². The summed E-state index contributed by atoms with van der Waals surface area (Å²) in [5.74, 6) is 0.604. The molecule has 1 aromatic heterocycles. The van der Waals surface area contributed by atoms with Crippen molar-refractivity contribution in [2.45, 2.75) is 51.6 Å². The highest BCUT2D eigenvalue weighted by molar-refractivity contribution is 7.11. The molecular weight excluding hydrogens is 246 g/mol. The molecule has 1 aliphatic carbocycles. The summed E-state index contributed by atoms with van der Waals surface area (Å²) in [6.07, 6.45) is 5.66. The molecule has 1 amide bonds. The van der Waals surface area contributed by atoms with Crippen molar-refractivity contribution in [1.29, 1.82) is 0 Å². The predicted octanol–water partition coefficient (Wildman–Crippen LogP) is 2.01. The minimum absolute atomic E-state index is 0.0193. The van der Waals surface area contributed by atoms with Crippen LogP contribution in [0, 0.1) is 5.92 Å². The van der Waals surface area contributed by atoms with Crippen LogP contribution in [-0.2, 0) is 11.2 Å². The molecule has 1 saturated carbocycles. The second-order valence-electron chi connectivity index (χ2n) is 5.01. The molecule has 1 heterocycles. The lowest BCUT2D eigenvalue weighted by Gasteiger charge is -2.14. The van der Waals surface area contributed by atoms with Gasteiger partial charge in [0, 0.05) is 23.5 Å².